The van der Waals surface area contributed by atoms with Crippen LogP contribution in [0.5, 0.6) is 0 Å². The first-order chi connectivity index (χ1) is 14.0. The molecule has 2 N–H and O–H groups in total. The van der Waals surface area contributed by atoms with Crippen molar-refractivity contribution < 1.29 is 14.3 Å². The van der Waals surface area contributed by atoms with Gasteiger partial charge in [-0.1, -0.05) is 19.3 Å². The average molecular weight is 404 g/mol. The number of carbonyl (C=O) groups is 2. The van der Waals surface area contributed by atoms with E-state index >= 15 is 0 Å². The summed E-state index contributed by atoms with van der Waals surface area (Å²) in [6, 6.07) is -0.309. The maximum Gasteiger partial charge on any atom is 0.325 e. The van der Waals surface area contributed by atoms with E-state index in [-0.39, 0.29) is 23.4 Å². The summed E-state index contributed by atoms with van der Waals surface area (Å²) in [5, 5.41) is 0. The standard InChI is InChI=1S/C20H28N4O5/c25-17(6-13-4-2-1-3-5-13)23-8-14-9-24(15(10-23)12-29-11-14)19(27)16-7-21-20(28)22-18(16)26/h7,13-15H,1-6,8-12H2,(H2,21,22,26,28)/t14-,15-/m0/s1. The second kappa shape index (κ2) is 8.52. The van der Waals surface area contributed by atoms with Crippen LogP contribution in [0, 0.1) is 11.8 Å². The van der Waals surface area contributed by atoms with E-state index in [1.165, 1.54) is 19.3 Å². The molecule has 1 aromatic heterocycles. The number of aromatic amines is 2. The number of nitrogens with one attached hydrogen (secondary N) is 2. The van der Waals surface area contributed by atoms with Crippen molar-refractivity contribution in [1.29, 1.82) is 0 Å². The van der Waals surface area contributed by atoms with Gasteiger partial charge in [0.25, 0.3) is 11.5 Å². The molecule has 0 aromatic carbocycles. The number of hydrogen-bond acceptors (Lipinski definition) is 5. The molecule has 4 rings (SSSR count). The van der Waals surface area contributed by atoms with Gasteiger partial charge in [0.15, 0.2) is 0 Å². The Kier molecular flexibility index (Phi) is 5.84. The summed E-state index contributed by atoms with van der Waals surface area (Å²) in [5.41, 5.74) is -1.45. The fourth-order valence-electron chi connectivity index (χ4n) is 4.79. The molecule has 2 saturated heterocycles. The lowest BCUT2D eigenvalue weighted by molar-refractivity contribution is -0.134. The third-order valence-electron chi connectivity index (χ3n) is 6.32. The molecule has 1 aliphatic carbocycles. The van der Waals surface area contributed by atoms with Crippen LogP contribution in [0.15, 0.2) is 15.8 Å². The Morgan fingerprint density at radius 3 is 2.62 bits per heavy atom. The van der Waals surface area contributed by atoms with Gasteiger partial charge >= 0.3 is 5.69 Å². The van der Waals surface area contributed by atoms with Crippen LogP contribution in [0.4, 0.5) is 0 Å². The first-order valence-electron chi connectivity index (χ1n) is 10.5. The minimum Gasteiger partial charge on any atom is -0.379 e. The van der Waals surface area contributed by atoms with Gasteiger partial charge in [0.05, 0.1) is 19.3 Å². The molecule has 2 atom stereocenters. The molecule has 2 amide bonds. The van der Waals surface area contributed by atoms with Gasteiger partial charge in [-0.3, -0.25) is 19.4 Å². The smallest absolute Gasteiger partial charge is 0.325 e. The highest BCUT2D eigenvalue weighted by Crippen LogP contribution is 2.28. The molecule has 3 aliphatic rings. The molecule has 1 aromatic rings. The molecule has 3 heterocycles. The van der Waals surface area contributed by atoms with Crippen LogP contribution >= 0.6 is 0 Å². The summed E-state index contributed by atoms with van der Waals surface area (Å²) in [6.07, 6.45) is 7.64. The maximum atomic E-state index is 13.0. The van der Waals surface area contributed by atoms with Crippen LogP contribution in [0.25, 0.3) is 0 Å². The number of hydrogen-bond donors (Lipinski definition) is 2. The zero-order chi connectivity index (χ0) is 20.4. The second-order valence-corrected chi connectivity index (χ2v) is 8.51. The third-order valence-corrected chi connectivity index (χ3v) is 6.32. The molecule has 0 unspecified atom stereocenters. The molecule has 3 fully saturated rings. The number of ether oxygens (including phenoxy) is 1. The van der Waals surface area contributed by atoms with E-state index in [0.717, 1.165) is 19.0 Å². The Labute approximate surface area is 168 Å². The zero-order valence-electron chi connectivity index (χ0n) is 16.5. The quantitative estimate of drug-likeness (QED) is 0.753. The lowest BCUT2D eigenvalue weighted by atomic mass is 9.86. The number of rotatable bonds is 3. The van der Waals surface area contributed by atoms with Crippen molar-refractivity contribution in [3.63, 3.8) is 0 Å². The lowest BCUT2D eigenvalue weighted by Crippen LogP contribution is -2.49. The Morgan fingerprint density at radius 1 is 1.07 bits per heavy atom. The number of amides is 2. The van der Waals surface area contributed by atoms with E-state index in [4.69, 9.17) is 4.74 Å². The van der Waals surface area contributed by atoms with Crippen molar-refractivity contribution in [1.82, 2.24) is 19.8 Å². The summed E-state index contributed by atoms with van der Waals surface area (Å²) in [4.78, 5) is 57.3. The number of aromatic nitrogens is 2. The number of H-pyrrole nitrogens is 2. The van der Waals surface area contributed by atoms with Gasteiger partial charge in [0.1, 0.15) is 5.56 Å². The molecule has 0 spiro atoms. The number of fused-ring (bicyclic) bond motifs is 3. The van der Waals surface area contributed by atoms with Crippen LogP contribution in [0.3, 0.4) is 0 Å². The van der Waals surface area contributed by atoms with Crippen molar-refractivity contribution in [2.24, 2.45) is 11.8 Å². The molecule has 2 bridgehead atoms. The SMILES string of the molecule is O=C(CC1CCCCC1)N1C[C@@H]2COC[C@H](C1)N(C(=O)c1c[nH]c(=O)[nH]c1=O)C2. The zero-order valence-corrected chi connectivity index (χ0v) is 16.5. The Balaban J connectivity index is 1.50. The van der Waals surface area contributed by atoms with E-state index in [2.05, 4.69) is 9.97 Å². The number of nitrogens with zero attached hydrogens (tertiary/aromatic N) is 2. The molecule has 1 saturated carbocycles. The summed E-state index contributed by atoms with van der Waals surface area (Å²) in [7, 11) is 0. The molecule has 0 radical (unpaired) electrons. The fraction of sp³-hybridized carbons (Fsp3) is 0.700. The second-order valence-electron chi connectivity index (χ2n) is 8.51. The highest BCUT2D eigenvalue weighted by atomic mass is 16.5. The van der Waals surface area contributed by atoms with Crippen LogP contribution in [-0.2, 0) is 9.53 Å². The van der Waals surface area contributed by atoms with Crippen molar-refractivity contribution >= 4 is 11.8 Å². The predicted octanol–water partition coefficient (Wildman–Crippen LogP) is 0.333. The summed E-state index contributed by atoms with van der Waals surface area (Å²) < 4.78 is 5.73. The van der Waals surface area contributed by atoms with Gasteiger partial charge in [0.2, 0.25) is 5.91 Å². The normalized spacial score (nSPS) is 25.5. The monoisotopic (exact) mass is 404 g/mol. The van der Waals surface area contributed by atoms with Crippen molar-refractivity contribution in [2.75, 3.05) is 32.8 Å². The Bertz CT molecular complexity index is 872. The summed E-state index contributed by atoms with van der Waals surface area (Å²) >= 11 is 0. The Morgan fingerprint density at radius 2 is 1.86 bits per heavy atom. The maximum absolute atomic E-state index is 13.0. The highest BCUT2D eigenvalue weighted by molar-refractivity contribution is 5.94. The van der Waals surface area contributed by atoms with E-state index in [1.54, 1.807) is 4.90 Å². The van der Waals surface area contributed by atoms with Gasteiger partial charge in [-0.05, 0) is 18.8 Å². The van der Waals surface area contributed by atoms with Gasteiger partial charge < -0.3 is 19.5 Å². The van der Waals surface area contributed by atoms with Crippen LogP contribution in [0.1, 0.15) is 48.9 Å². The van der Waals surface area contributed by atoms with E-state index in [1.807, 2.05) is 4.90 Å². The largest absolute Gasteiger partial charge is 0.379 e. The van der Waals surface area contributed by atoms with E-state index in [0.29, 0.717) is 45.2 Å². The van der Waals surface area contributed by atoms with E-state index < -0.39 is 17.2 Å². The number of carbonyl (C=O) groups excluding carboxylic acids is 2. The van der Waals surface area contributed by atoms with Gasteiger partial charge in [-0.25, -0.2) is 4.79 Å². The molecular weight excluding hydrogens is 376 g/mol. The molecule has 158 valence electrons. The molecular formula is C20H28N4O5. The van der Waals surface area contributed by atoms with Crippen molar-refractivity contribution in [2.45, 2.75) is 44.6 Å². The highest BCUT2D eigenvalue weighted by Gasteiger charge is 2.38. The molecule has 9 heteroatoms. The van der Waals surface area contributed by atoms with Crippen LogP contribution < -0.4 is 11.2 Å². The average Bonchev–Trinajstić information content (AvgIpc) is 2.99. The predicted molar refractivity (Wildman–Crippen MR) is 105 cm³/mol. The topological polar surface area (TPSA) is 116 Å². The first kappa shape index (κ1) is 19.9. The molecule has 2 aliphatic heterocycles. The first-order valence-corrected chi connectivity index (χ1v) is 10.5. The lowest BCUT2D eigenvalue weighted by Gasteiger charge is -2.32. The summed E-state index contributed by atoms with van der Waals surface area (Å²) in [5.74, 6) is 0.186. The fourth-order valence-corrected chi connectivity index (χ4v) is 4.79. The minimum atomic E-state index is -0.705. The third kappa shape index (κ3) is 4.44. The van der Waals surface area contributed by atoms with Gasteiger partial charge in [-0.2, -0.15) is 0 Å². The van der Waals surface area contributed by atoms with Crippen LogP contribution in [0.2, 0.25) is 0 Å². The minimum absolute atomic E-state index is 0.00333. The van der Waals surface area contributed by atoms with Gasteiger partial charge in [-0.15, -0.1) is 0 Å². The van der Waals surface area contributed by atoms with Crippen molar-refractivity contribution in [3.05, 3.63) is 32.6 Å². The van der Waals surface area contributed by atoms with E-state index in [9.17, 15) is 19.2 Å². The van der Waals surface area contributed by atoms with Crippen molar-refractivity contribution in [3.8, 4) is 0 Å². The van der Waals surface area contributed by atoms with Gasteiger partial charge in [0, 0.05) is 38.2 Å². The van der Waals surface area contributed by atoms with Crippen LogP contribution in [-0.4, -0.2) is 70.5 Å². The molecule has 29 heavy (non-hydrogen) atoms. The molecule has 9 nitrogen and oxygen atoms in total. The Hall–Kier alpha value is -2.42. The summed E-state index contributed by atoms with van der Waals surface area (Å²) in [6.45, 7) is 2.21.